The number of rotatable bonds is 5. The SMILES string of the molecule is Cc1c(C(=O)N[C@H]2CCCC[C@@H](C)C(=O)Nc3cc(Nc4nccs4)ccc3-c3ccnc2c3)nnn1-c1cccc(Cl)c1F. The van der Waals surface area contributed by atoms with Crippen molar-refractivity contribution < 1.29 is 14.0 Å². The van der Waals surface area contributed by atoms with Crippen LogP contribution in [-0.2, 0) is 4.79 Å². The van der Waals surface area contributed by atoms with E-state index in [-0.39, 0.29) is 28.2 Å². The van der Waals surface area contributed by atoms with E-state index in [9.17, 15) is 14.0 Å². The zero-order chi connectivity index (χ0) is 31.5. The number of aromatic nitrogens is 5. The van der Waals surface area contributed by atoms with E-state index in [1.165, 1.54) is 28.2 Å². The van der Waals surface area contributed by atoms with Gasteiger partial charge in [-0.3, -0.25) is 14.6 Å². The Labute approximate surface area is 268 Å². The summed E-state index contributed by atoms with van der Waals surface area (Å²) >= 11 is 7.45. The van der Waals surface area contributed by atoms with Crippen molar-refractivity contribution in [3.63, 3.8) is 0 Å². The lowest BCUT2D eigenvalue weighted by Gasteiger charge is -2.19. The second-order valence-corrected chi connectivity index (χ2v) is 12.2. The number of anilines is 3. The van der Waals surface area contributed by atoms with E-state index in [1.54, 1.807) is 25.4 Å². The van der Waals surface area contributed by atoms with Crippen LogP contribution in [0.4, 0.5) is 20.9 Å². The molecule has 6 rings (SSSR count). The van der Waals surface area contributed by atoms with E-state index in [4.69, 9.17) is 11.6 Å². The second-order valence-electron chi connectivity index (χ2n) is 10.9. The van der Waals surface area contributed by atoms with Crippen molar-refractivity contribution in [1.82, 2.24) is 30.3 Å². The van der Waals surface area contributed by atoms with Crippen LogP contribution < -0.4 is 16.0 Å². The van der Waals surface area contributed by atoms with Crippen molar-refractivity contribution in [2.75, 3.05) is 10.6 Å². The number of nitrogens with zero attached hydrogens (tertiary/aromatic N) is 5. The van der Waals surface area contributed by atoms with Gasteiger partial charge in [0.05, 0.1) is 28.1 Å². The number of carbonyl (C=O) groups is 2. The first-order chi connectivity index (χ1) is 21.8. The highest BCUT2D eigenvalue weighted by atomic mass is 35.5. The fourth-order valence-electron chi connectivity index (χ4n) is 5.32. The van der Waals surface area contributed by atoms with Crippen LogP contribution in [0.25, 0.3) is 16.8 Å². The number of benzene rings is 2. The molecule has 0 saturated carbocycles. The maximum absolute atomic E-state index is 14.7. The van der Waals surface area contributed by atoms with Crippen LogP contribution in [0.3, 0.4) is 0 Å². The molecule has 2 amide bonds. The molecule has 0 aliphatic carbocycles. The summed E-state index contributed by atoms with van der Waals surface area (Å²) in [7, 11) is 0. The Morgan fingerprint density at radius 2 is 1.96 bits per heavy atom. The first kappa shape index (κ1) is 30.4. The number of carbonyl (C=O) groups excluding carboxylic acids is 2. The fourth-order valence-corrected chi connectivity index (χ4v) is 6.04. The number of hydrogen-bond acceptors (Lipinski definition) is 8. The number of pyridine rings is 1. The quantitative estimate of drug-likeness (QED) is 0.184. The summed E-state index contributed by atoms with van der Waals surface area (Å²) in [6.07, 6.45) is 6.23. The summed E-state index contributed by atoms with van der Waals surface area (Å²) in [5.41, 5.74) is 4.31. The van der Waals surface area contributed by atoms with Gasteiger partial charge in [0.1, 0.15) is 5.69 Å². The van der Waals surface area contributed by atoms with Gasteiger partial charge in [-0.25, -0.2) is 14.1 Å². The first-order valence-corrected chi connectivity index (χ1v) is 15.8. The van der Waals surface area contributed by atoms with Crippen LogP contribution in [-0.4, -0.2) is 36.8 Å². The zero-order valence-corrected chi connectivity index (χ0v) is 26.1. The Morgan fingerprint density at radius 1 is 1.11 bits per heavy atom. The predicted molar refractivity (Wildman–Crippen MR) is 173 cm³/mol. The first-order valence-electron chi connectivity index (χ1n) is 14.5. The maximum atomic E-state index is 14.7. The van der Waals surface area contributed by atoms with E-state index in [1.807, 2.05) is 42.6 Å². The molecule has 45 heavy (non-hydrogen) atoms. The summed E-state index contributed by atoms with van der Waals surface area (Å²) in [6, 6.07) is 13.7. The molecular formula is C32H30ClFN8O2S. The summed E-state index contributed by atoms with van der Waals surface area (Å²) in [6.45, 7) is 3.57. The molecule has 0 fully saturated rings. The van der Waals surface area contributed by atoms with Gasteiger partial charge < -0.3 is 16.0 Å². The highest BCUT2D eigenvalue weighted by molar-refractivity contribution is 7.13. The third-order valence-corrected chi connectivity index (χ3v) is 8.79. The lowest BCUT2D eigenvalue weighted by molar-refractivity contribution is -0.119. The van der Waals surface area contributed by atoms with E-state index in [2.05, 4.69) is 36.2 Å². The minimum absolute atomic E-state index is 0.0526. The molecule has 0 radical (unpaired) electrons. The van der Waals surface area contributed by atoms with Gasteiger partial charge in [0, 0.05) is 34.9 Å². The molecule has 0 saturated heterocycles. The third kappa shape index (κ3) is 6.57. The van der Waals surface area contributed by atoms with Gasteiger partial charge in [-0.2, -0.15) is 0 Å². The number of hydrogen-bond donors (Lipinski definition) is 3. The zero-order valence-electron chi connectivity index (χ0n) is 24.6. The molecule has 3 N–H and O–H groups in total. The van der Waals surface area contributed by atoms with Crippen LogP contribution >= 0.6 is 22.9 Å². The largest absolute Gasteiger partial charge is 0.342 e. The van der Waals surface area contributed by atoms with Crippen molar-refractivity contribution in [3.05, 3.63) is 94.2 Å². The summed E-state index contributed by atoms with van der Waals surface area (Å²) in [5.74, 6) is -1.38. The lowest BCUT2D eigenvalue weighted by Crippen LogP contribution is -2.30. The highest BCUT2D eigenvalue weighted by Gasteiger charge is 2.25. The van der Waals surface area contributed by atoms with Crippen molar-refractivity contribution >= 4 is 51.3 Å². The molecule has 0 unspecified atom stereocenters. The molecule has 13 heteroatoms. The molecule has 5 aromatic rings. The van der Waals surface area contributed by atoms with Crippen LogP contribution in [0, 0.1) is 18.7 Å². The van der Waals surface area contributed by atoms with Gasteiger partial charge in [0.15, 0.2) is 16.6 Å². The van der Waals surface area contributed by atoms with Crippen molar-refractivity contribution in [3.8, 4) is 16.8 Å². The molecular weight excluding hydrogens is 615 g/mol. The van der Waals surface area contributed by atoms with Crippen molar-refractivity contribution in [1.29, 1.82) is 0 Å². The molecule has 1 aliphatic rings. The second kappa shape index (κ2) is 13.1. The summed E-state index contributed by atoms with van der Waals surface area (Å²) in [5, 5.41) is 20.2. The topological polar surface area (TPSA) is 127 Å². The minimum atomic E-state index is -0.649. The molecule has 4 heterocycles. The van der Waals surface area contributed by atoms with Crippen molar-refractivity contribution in [2.24, 2.45) is 5.92 Å². The van der Waals surface area contributed by atoms with Crippen molar-refractivity contribution in [2.45, 2.75) is 45.6 Å². The van der Waals surface area contributed by atoms with Crippen LogP contribution in [0.5, 0.6) is 0 Å². The number of fused-ring (bicyclic) bond motifs is 4. The van der Waals surface area contributed by atoms with Crippen LogP contribution in [0.15, 0.2) is 66.3 Å². The Hall–Kier alpha value is -4.68. The molecule has 1 aliphatic heterocycles. The number of nitrogens with one attached hydrogen (secondary N) is 3. The Balaban J connectivity index is 1.32. The number of halogens is 2. The average molecular weight is 645 g/mol. The monoisotopic (exact) mass is 644 g/mol. The standard InChI is InChI=1S/C32H30ClFN8O2S/c1-18-6-3-4-8-24(38-31(44)29-19(2)42(41-40-29)27-9-5-7-23(33)28(27)34)26-16-20(12-13-35-26)22-11-10-21(17-25(22)39-30(18)43)37-32-36-14-15-45-32/h5,7,9-18,24H,3-4,6,8H2,1-2H3,(H,36,37)(H,38,44)(H,39,43)/t18-,24+/m1/s1. The van der Waals surface area contributed by atoms with E-state index >= 15 is 0 Å². The fraction of sp³-hybridized carbons (Fsp3) is 0.250. The molecule has 2 atom stereocenters. The van der Waals surface area contributed by atoms with Gasteiger partial charge in [0.2, 0.25) is 5.91 Å². The van der Waals surface area contributed by atoms with E-state index in [0.29, 0.717) is 29.9 Å². The number of amides is 2. The van der Waals surface area contributed by atoms with E-state index in [0.717, 1.165) is 34.8 Å². The third-order valence-electron chi connectivity index (χ3n) is 7.81. The molecule has 10 nitrogen and oxygen atoms in total. The van der Waals surface area contributed by atoms with Gasteiger partial charge in [-0.1, -0.05) is 48.7 Å². The highest BCUT2D eigenvalue weighted by Crippen LogP contribution is 2.35. The predicted octanol–water partition coefficient (Wildman–Crippen LogP) is 7.25. The molecule has 230 valence electrons. The normalized spacial score (nSPS) is 16.8. The smallest absolute Gasteiger partial charge is 0.274 e. The number of thiazole rings is 1. The maximum Gasteiger partial charge on any atom is 0.274 e. The Bertz CT molecular complexity index is 1860. The molecule has 2 bridgehead atoms. The van der Waals surface area contributed by atoms with Gasteiger partial charge >= 0.3 is 0 Å². The molecule has 0 spiro atoms. The Kier molecular flexibility index (Phi) is 8.85. The van der Waals surface area contributed by atoms with Gasteiger partial charge in [-0.05, 0) is 61.7 Å². The Morgan fingerprint density at radius 3 is 2.78 bits per heavy atom. The van der Waals surface area contributed by atoms with Gasteiger partial charge in [-0.15, -0.1) is 16.4 Å². The van der Waals surface area contributed by atoms with E-state index < -0.39 is 17.8 Å². The molecule has 3 aromatic heterocycles. The van der Waals surface area contributed by atoms with Crippen LogP contribution in [0.1, 0.15) is 60.5 Å². The van der Waals surface area contributed by atoms with Crippen LogP contribution in [0.2, 0.25) is 5.02 Å². The summed E-state index contributed by atoms with van der Waals surface area (Å²) in [4.78, 5) is 35.7. The summed E-state index contributed by atoms with van der Waals surface area (Å²) < 4.78 is 16.0. The van der Waals surface area contributed by atoms with Gasteiger partial charge in [0.25, 0.3) is 5.91 Å². The average Bonchev–Trinajstić information content (AvgIpc) is 3.69. The lowest BCUT2D eigenvalue weighted by atomic mass is 9.98. The molecule has 2 aromatic carbocycles. The minimum Gasteiger partial charge on any atom is -0.342 e.